The molecule has 0 saturated carbocycles. The molecular weight excluding hydrogens is 269 g/mol. The Bertz CT molecular complexity index is 702. The summed E-state index contributed by atoms with van der Waals surface area (Å²) in [5.74, 6) is -0.911. The zero-order valence-electron chi connectivity index (χ0n) is 11.7. The van der Waals surface area contributed by atoms with E-state index in [2.05, 4.69) is 4.90 Å². The van der Waals surface area contributed by atoms with Crippen LogP contribution in [-0.4, -0.2) is 26.0 Å². The van der Waals surface area contributed by atoms with Crippen molar-refractivity contribution in [3.63, 3.8) is 0 Å². The number of nitrogen functional groups attached to an aromatic ring is 1. The predicted octanol–water partition coefficient (Wildman–Crippen LogP) is 2.50. The highest BCUT2D eigenvalue weighted by atomic mass is 19.1. The lowest BCUT2D eigenvalue weighted by Gasteiger charge is -2.35. The van der Waals surface area contributed by atoms with E-state index >= 15 is 0 Å². The topological polar surface area (TPSA) is 49.6 Å². The molecule has 4 nitrogen and oxygen atoms in total. The van der Waals surface area contributed by atoms with E-state index in [1.54, 1.807) is 4.90 Å². The quantitative estimate of drug-likeness (QED) is 0.819. The molecule has 1 aliphatic rings. The Hall–Kier alpha value is -2.56. The van der Waals surface area contributed by atoms with E-state index < -0.39 is 5.82 Å². The Balaban J connectivity index is 2.03. The highest BCUT2D eigenvalue weighted by Gasteiger charge is 2.27. The van der Waals surface area contributed by atoms with Crippen molar-refractivity contribution in [2.75, 3.05) is 35.7 Å². The van der Waals surface area contributed by atoms with Crippen LogP contribution in [0.25, 0.3) is 0 Å². The van der Waals surface area contributed by atoms with Gasteiger partial charge in [0.2, 0.25) is 0 Å². The molecule has 2 aromatic carbocycles. The van der Waals surface area contributed by atoms with Crippen LogP contribution >= 0.6 is 0 Å². The summed E-state index contributed by atoms with van der Waals surface area (Å²) < 4.78 is 13.9. The highest BCUT2D eigenvalue weighted by Crippen LogP contribution is 2.33. The van der Waals surface area contributed by atoms with E-state index in [-0.39, 0.29) is 11.5 Å². The molecule has 1 amide bonds. The Kier molecular flexibility index (Phi) is 3.25. The second-order valence-corrected chi connectivity index (χ2v) is 5.11. The maximum Gasteiger partial charge on any atom is 0.261 e. The SMILES string of the molecule is CN1CCN(C(=O)c2cc(N)ccc2F)c2ccccc21. The standard InChI is InChI=1S/C16H16FN3O/c1-19-8-9-20(15-5-3-2-4-14(15)19)16(21)12-10-11(18)6-7-13(12)17/h2-7,10H,8-9,18H2,1H3. The number of rotatable bonds is 1. The maximum atomic E-state index is 13.9. The lowest BCUT2D eigenvalue weighted by atomic mass is 10.1. The number of halogens is 1. The van der Waals surface area contributed by atoms with Crippen LogP contribution < -0.4 is 15.5 Å². The lowest BCUT2D eigenvalue weighted by Crippen LogP contribution is -2.43. The molecule has 0 unspecified atom stereocenters. The van der Waals surface area contributed by atoms with Crippen molar-refractivity contribution >= 4 is 23.0 Å². The number of hydrogen-bond donors (Lipinski definition) is 1. The van der Waals surface area contributed by atoms with Gasteiger partial charge in [0.1, 0.15) is 5.82 Å². The highest BCUT2D eigenvalue weighted by molar-refractivity contribution is 6.08. The fourth-order valence-corrected chi connectivity index (χ4v) is 2.57. The number of para-hydroxylation sites is 2. The number of fused-ring (bicyclic) bond motifs is 1. The molecule has 0 radical (unpaired) electrons. The van der Waals surface area contributed by atoms with Crippen molar-refractivity contribution in [3.8, 4) is 0 Å². The van der Waals surface area contributed by atoms with E-state index in [4.69, 9.17) is 5.73 Å². The third-order valence-corrected chi connectivity index (χ3v) is 3.71. The molecule has 0 atom stereocenters. The normalized spacial score (nSPS) is 14.0. The first-order valence-corrected chi connectivity index (χ1v) is 6.75. The third kappa shape index (κ3) is 2.31. The van der Waals surface area contributed by atoms with Gasteiger partial charge in [-0.15, -0.1) is 0 Å². The Morgan fingerprint density at radius 1 is 1.14 bits per heavy atom. The molecule has 0 fully saturated rings. The number of carbonyl (C=O) groups is 1. The molecule has 21 heavy (non-hydrogen) atoms. The number of nitrogens with zero attached hydrogens (tertiary/aromatic N) is 2. The van der Waals surface area contributed by atoms with Gasteiger partial charge in [0.15, 0.2) is 0 Å². The minimum atomic E-state index is -0.550. The number of likely N-dealkylation sites (N-methyl/N-ethyl adjacent to an activating group) is 1. The number of hydrogen-bond acceptors (Lipinski definition) is 3. The smallest absolute Gasteiger partial charge is 0.261 e. The minimum Gasteiger partial charge on any atom is -0.399 e. The van der Waals surface area contributed by atoms with Crippen molar-refractivity contribution in [1.82, 2.24) is 0 Å². The van der Waals surface area contributed by atoms with Gasteiger partial charge in [0.05, 0.1) is 16.9 Å². The zero-order chi connectivity index (χ0) is 15.0. The van der Waals surface area contributed by atoms with Crippen LogP contribution in [0.5, 0.6) is 0 Å². The van der Waals surface area contributed by atoms with Crippen molar-refractivity contribution in [1.29, 1.82) is 0 Å². The Morgan fingerprint density at radius 3 is 2.62 bits per heavy atom. The lowest BCUT2D eigenvalue weighted by molar-refractivity contribution is 0.0983. The molecule has 2 aromatic rings. The van der Waals surface area contributed by atoms with Crippen LogP contribution in [0.15, 0.2) is 42.5 Å². The van der Waals surface area contributed by atoms with E-state index in [9.17, 15) is 9.18 Å². The van der Waals surface area contributed by atoms with Crippen molar-refractivity contribution < 1.29 is 9.18 Å². The number of amides is 1. The first-order valence-electron chi connectivity index (χ1n) is 6.75. The zero-order valence-corrected chi connectivity index (χ0v) is 11.7. The van der Waals surface area contributed by atoms with Gasteiger partial charge in [-0.25, -0.2) is 4.39 Å². The monoisotopic (exact) mass is 285 g/mol. The van der Waals surface area contributed by atoms with E-state index in [1.165, 1.54) is 18.2 Å². The number of benzene rings is 2. The summed E-state index contributed by atoms with van der Waals surface area (Å²) in [6.07, 6.45) is 0. The van der Waals surface area contributed by atoms with Gasteiger partial charge in [-0.3, -0.25) is 4.79 Å². The van der Waals surface area contributed by atoms with Crippen LogP contribution in [-0.2, 0) is 0 Å². The van der Waals surface area contributed by atoms with Crippen molar-refractivity contribution in [3.05, 3.63) is 53.8 Å². The van der Waals surface area contributed by atoms with Crippen molar-refractivity contribution in [2.45, 2.75) is 0 Å². The maximum absolute atomic E-state index is 13.9. The summed E-state index contributed by atoms with van der Waals surface area (Å²) >= 11 is 0. The van der Waals surface area contributed by atoms with Crippen LogP contribution in [0.1, 0.15) is 10.4 Å². The third-order valence-electron chi connectivity index (χ3n) is 3.71. The summed E-state index contributed by atoms with van der Waals surface area (Å²) in [5.41, 5.74) is 7.80. The van der Waals surface area contributed by atoms with Crippen LogP contribution in [0.3, 0.4) is 0 Å². The molecule has 0 bridgehead atoms. The van der Waals surface area contributed by atoms with Crippen LogP contribution in [0.2, 0.25) is 0 Å². The Labute approximate surface area is 122 Å². The fraction of sp³-hybridized carbons (Fsp3) is 0.188. The minimum absolute atomic E-state index is 0.00866. The molecule has 108 valence electrons. The van der Waals surface area contributed by atoms with E-state index in [0.717, 1.165) is 11.4 Å². The van der Waals surface area contributed by atoms with Gasteiger partial charge in [-0.05, 0) is 30.3 Å². The molecule has 0 aliphatic carbocycles. The molecule has 1 heterocycles. The van der Waals surface area contributed by atoms with E-state index in [0.29, 0.717) is 18.8 Å². The molecule has 0 spiro atoms. The van der Waals surface area contributed by atoms with Gasteiger partial charge in [-0.2, -0.15) is 0 Å². The number of anilines is 3. The molecule has 0 aromatic heterocycles. The van der Waals surface area contributed by atoms with Crippen molar-refractivity contribution in [2.24, 2.45) is 0 Å². The molecule has 5 heteroatoms. The average molecular weight is 285 g/mol. The van der Waals surface area contributed by atoms with Gasteiger partial charge >= 0.3 is 0 Å². The molecule has 2 N–H and O–H groups in total. The van der Waals surface area contributed by atoms with Gasteiger partial charge in [0, 0.05) is 25.8 Å². The second-order valence-electron chi connectivity index (χ2n) is 5.11. The first kappa shape index (κ1) is 13.4. The Morgan fingerprint density at radius 2 is 1.86 bits per heavy atom. The van der Waals surface area contributed by atoms with E-state index in [1.807, 2.05) is 31.3 Å². The average Bonchev–Trinajstić information content (AvgIpc) is 2.50. The molecular formula is C16H16FN3O. The van der Waals surface area contributed by atoms with Gasteiger partial charge < -0.3 is 15.5 Å². The molecule has 1 aliphatic heterocycles. The molecule has 0 saturated heterocycles. The predicted molar refractivity (Wildman–Crippen MR) is 82.2 cm³/mol. The summed E-state index contributed by atoms with van der Waals surface area (Å²) in [7, 11) is 1.97. The number of carbonyl (C=O) groups excluding carboxylic acids is 1. The first-order chi connectivity index (χ1) is 10.1. The van der Waals surface area contributed by atoms with Crippen LogP contribution in [0.4, 0.5) is 21.5 Å². The second kappa shape index (κ2) is 5.09. The summed E-state index contributed by atoms with van der Waals surface area (Å²) in [4.78, 5) is 16.3. The fourth-order valence-electron chi connectivity index (χ4n) is 2.57. The molecule has 3 rings (SSSR count). The van der Waals surface area contributed by atoms with Crippen LogP contribution in [0, 0.1) is 5.82 Å². The summed E-state index contributed by atoms with van der Waals surface area (Å²) in [6, 6.07) is 11.7. The van der Waals surface area contributed by atoms with Gasteiger partial charge in [-0.1, -0.05) is 12.1 Å². The summed E-state index contributed by atoms with van der Waals surface area (Å²) in [6.45, 7) is 1.22. The van der Waals surface area contributed by atoms with Gasteiger partial charge in [0.25, 0.3) is 5.91 Å². The summed E-state index contributed by atoms with van der Waals surface area (Å²) in [5, 5.41) is 0. The number of nitrogens with two attached hydrogens (primary N) is 1. The largest absolute Gasteiger partial charge is 0.399 e.